The van der Waals surface area contributed by atoms with Gasteiger partial charge >= 0.3 is 0 Å². The van der Waals surface area contributed by atoms with Crippen molar-refractivity contribution in [1.29, 1.82) is 0 Å². The van der Waals surface area contributed by atoms with Crippen molar-refractivity contribution in [2.75, 3.05) is 25.1 Å². The van der Waals surface area contributed by atoms with E-state index in [0.29, 0.717) is 6.54 Å². The predicted octanol–water partition coefficient (Wildman–Crippen LogP) is 3.57. The van der Waals surface area contributed by atoms with Crippen LogP contribution in [-0.2, 0) is 5.72 Å². The molecule has 0 bridgehead atoms. The summed E-state index contributed by atoms with van der Waals surface area (Å²) in [7, 11) is 1.68. The molecule has 4 nitrogen and oxygen atoms in total. The van der Waals surface area contributed by atoms with Crippen LogP contribution in [0.25, 0.3) is 0 Å². The molecule has 0 amide bonds. The molecule has 26 heavy (non-hydrogen) atoms. The van der Waals surface area contributed by atoms with E-state index < -0.39 is 5.72 Å². The van der Waals surface area contributed by atoms with E-state index in [9.17, 15) is 5.11 Å². The first-order chi connectivity index (χ1) is 12.5. The molecule has 2 aliphatic heterocycles. The van der Waals surface area contributed by atoms with Crippen LogP contribution in [-0.4, -0.2) is 35.7 Å². The number of ether oxygens (including phenoxy) is 1. The molecule has 0 saturated carbocycles. The Bertz CT molecular complexity index is 857. The summed E-state index contributed by atoms with van der Waals surface area (Å²) in [5.74, 6) is 2.08. The van der Waals surface area contributed by atoms with Crippen molar-refractivity contribution in [2.24, 2.45) is 0 Å². The van der Waals surface area contributed by atoms with Crippen molar-refractivity contribution < 1.29 is 14.4 Å². The molecule has 4 heteroatoms. The first-order valence-electron chi connectivity index (χ1n) is 9.38. The van der Waals surface area contributed by atoms with Gasteiger partial charge in [-0.2, -0.15) is 0 Å². The number of amidine groups is 1. The summed E-state index contributed by atoms with van der Waals surface area (Å²) in [6, 6.07) is 14.5. The number of nitrogens with zero attached hydrogens (tertiary/aromatic N) is 2. The zero-order valence-corrected chi connectivity index (χ0v) is 15.8. The molecule has 0 fully saturated rings. The number of methoxy groups -OCH3 is 1. The third-order valence-electron chi connectivity index (χ3n) is 5.68. The summed E-state index contributed by atoms with van der Waals surface area (Å²) >= 11 is 0. The van der Waals surface area contributed by atoms with Gasteiger partial charge in [-0.1, -0.05) is 23.8 Å². The van der Waals surface area contributed by atoms with E-state index in [1.54, 1.807) is 7.11 Å². The summed E-state index contributed by atoms with van der Waals surface area (Å²) in [6.07, 6.45) is 3.29. The second kappa shape index (κ2) is 6.44. The van der Waals surface area contributed by atoms with Crippen molar-refractivity contribution in [3.8, 4) is 5.75 Å². The summed E-state index contributed by atoms with van der Waals surface area (Å²) in [5, 5.41) is 11.8. The molecule has 2 heterocycles. The van der Waals surface area contributed by atoms with Gasteiger partial charge in [0.2, 0.25) is 0 Å². The van der Waals surface area contributed by atoms with Crippen molar-refractivity contribution in [3.05, 3.63) is 59.2 Å². The average Bonchev–Trinajstić information content (AvgIpc) is 2.96. The van der Waals surface area contributed by atoms with Crippen LogP contribution in [0.3, 0.4) is 0 Å². The maximum absolute atomic E-state index is 11.8. The molecule has 2 aromatic carbocycles. The van der Waals surface area contributed by atoms with Crippen LogP contribution in [0.5, 0.6) is 5.75 Å². The van der Waals surface area contributed by atoms with E-state index in [2.05, 4.69) is 53.7 Å². The molecule has 0 radical (unpaired) electrons. The van der Waals surface area contributed by atoms with Gasteiger partial charge in [0.25, 0.3) is 11.6 Å². The Morgan fingerprint density at radius 3 is 2.54 bits per heavy atom. The molecule has 136 valence electrons. The van der Waals surface area contributed by atoms with E-state index in [1.165, 1.54) is 17.8 Å². The second-order valence-corrected chi connectivity index (χ2v) is 7.44. The van der Waals surface area contributed by atoms with E-state index >= 15 is 0 Å². The first-order valence-corrected chi connectivity index (χ1v) is 9.38. The maximum atomic E-state index is 11.8. The van der Waals surface area contributed by atoms with Crippen molar-refractivity contribution >= 4 is 11.5 Å². The van der Waals surface area contributed by atoms with Crippen molar-refractivity contribution in [2.45, 2.75) is 38.8 Å². The van der Waals surface area contributed by atoms with Gasteiger partial charge in [0.15, 0.2) is 6.54 Å². The van der Waals surface area contributed by atoms with Crippen molar-refractivity contribution in [1.82, 2.24) is 0 Å². The van der Waals surface area contributed by atoms with Crippen molar-refractivity contribution in [3.63, 3.8) is 0 Å². The number of hydrogen-bond acceptors (Lipinski definition) is 3. The zero-order valence-electron chi connectivity index (χ0n) is 15.8. The van der Waals surface area contributed by atoms with Crippen LogP contribution >= 0.6 is 0 Å². The zero-order chi connectivity index (χ0) is 18.3. The fourth-order valence-corrected chi connectivity index (χ4v) is 4.39. The third kappa shape index (κ3) is 2.69. The maximum Gasteiger partial charge on any atom is 0.271 e. The predicted molar refractivity (Wildman–Crippen MR) is 104 cm³/mol. The van der Waals surface area contributed by atoms with Crippen LogP contribution in [0.4, 0.5) is 5.69 Å². The lowest BCUT2D eigenvalue weighted by molar-refractivity contribution is -0.661. The Labute approximate surface area is 155 Å². The molecular formula is C22H27N2O2+. The lowest BCUT2D eigenvalue weighted by atomic mass is 9.95. The normalized spacial score (nSPS) is 22.5. The Morgan fingerprint density at radius 1 is 1.08 bits per heavy atom. The Morgan fingerprint density at radius 2 is 1.85 bits per heavy atom. The molecule has 4 rings (SSSR count). The minimum absolute atomic E-state index is 0.554. The van der Waals surface area contributed by atoms with Gasteiger partial charge in [0.05, 0.1) is 13.7 Å². The molecule has 1 N–H and O–H groups in total. The van der Waals surface area contributed by atoms with Crippen LogP contribution in [0.2, 0.25) is 0 Å². The second-order valence-electron chi connectivity index (χ2n) is 7.44. The van der Waals surface area contributed by atoms with E-state index in [-0.39, 0.29) is 0 Å². The topological polar surface area (TPSA) is 35.7 Å². The number of hydrogen-bond donors (Lipinski definition) is 1. The van der Waals surface area contributed by atoms with Crippen LogP contribution in [0, 0.1) is 13.8 Å². The van der Waals surface area contributed by atoms with Gasteiger partial charge in [-0.15, -0.1) is 0 Å². The minimum Gasteiger partial charge on any atom is -0.497 e. The lowest BCUT2D eigenvalue weighted by Gasteiger charge is -2.26. The van der Waals surface area contributed by atoms with Crippen LogP contribution in [0.1, 0.15) is 36.0 Å². The average molecular weight is 351 g/mol. The first kappa shape index (κ1) is 17.1. The summed E-state index contributed by atoms with van der Waals surface area (Å²) in [6.45, 7) is 5.64. The molecule has 0 saturated heterocycles. The van der Waals surface area contributed by atoms with Gasteiger partial charge < -0.3 is 9.84 Å². The van der Waals surface area contributed by atoms with E-state index in [0.717, 1.165) is 42.0 Å². The monoisotopic (exact) mass is 351 g/mol. The van der Waals surface area contributed by atoms with Crippen LogP contribution < -0.4 is 9.64 Å². The highest BCUT2D eigenvalue weighted by molar-refractivity contribution is 5.96. The number of benzene rings is 2. The molecule has 1 atom stereocenters. The summed E-state index contributed by atoms with van der Waals surface area (Å²) < 4.78 is 7.51. The van der Waals surface area contributed by atoms with E-state index in [1.807, 2.05) is 12.1 Å². The highest BCUT2D eigenvalue weighted by Gasteiger charge is 2.53. The Hall–Kier alpha value is -2.33. The quantitative estimate of drug-likeness (QED) is 0.859. The molecular weight excluding hydrogens is 324 g/mol. The van der Waals surface area contributed by atoms with Gasteiger partial charge in [0, 0.05) is 12.0 Å². The number of β-amino-alcohol motifs (C(OH)–C–C–N with tert-alkyl or cyclic N) is 1. The lowest BCUT2D eigenvalue weighted by Crippen LogP contribution is -2.42. The molecule has 0 aromatic heterocycles. The van der Waals surface area contributed by atoms with Gasteiger partial charge in [-0.25, -0.2) is 9.48 Å². The summed E-state index contributed by atoms with van der Waals surface area (Å²) in [4.78, 5) is 2.28. The highest BCUT2D eigenvalue weighted by atomic mass is 16.5. The van der Waals surface area contributed by atoms with Gasteiger partial charge in [-0.3, -0.25) is 0 Å². The molecule has 0 aliphatic carbocycles. The van der Waals surface area contributed by atoms with Gasteiger partial charge in [0.1, 0.15) is 11.4 Å². The number of rotatable bonds is 3. The standard InChI is InChI=1S/C22H27N2O2/c1-16-7-12-20(17(2)14-16)22(25)15-23(21-6-4-5-13-24(21)22)18-8-10-19(26-3)11-9-18/h7-12,14,25H,4-6,13,15H2,1-3H3/q+1/t22-/m0/s1. The summed E-state index contributed by atoms with van der Waals surface area (Å²) in [5.41, 5.74) is 3.51. The molecule has 0 spiro atoms. The Kier molecular flexibility index (Phi) is 4.23. The SMILES string of the molecule is COc1ccc(N2C[C@](O)(c3ccc(C)cc3C)[N+]3=C2CCCC3)cc1. The molecule has 2 aliphatic rings. The van der Waals surface area contributed by atoms with E-state index in [4.69, 9.17) is 4.74 Å². The Balaban J connectivity index is 1.79. The van der Waals surface area contributed by atoms with Gasteiger partial charge in [-0.05, 0) is 56.5 Å². The molecule has 2 aromatic rings. The minimum atomic E-state index is -0.979. The number of aryl methyl sites for hydroxylation is 2. The highest BCUT2D eigenvalue weighted by Crippen LogP contribution is 2.37. The smallest absolute Gasteiger partial charge is 0.271 e. The fourth-order valence-electron chi connectivity index (χ4n) is 4.39. The largest absolute Gasteiger partial charge is 0.497 e. The van der Waals surface area contributed by atoms with Crippen LogP contribution in [0.15, 0.2) is 42.5 Å². The third-order valence-corrected chi connectivity index (χ3v) is 5.68. The fraction of sp³-hybridized carbons (Fsp3) is 0.409. The number of anilines is 1. The number of aliphatic hydroxyl groups is 1. The molecule has 0 unspecified atom stereocenters.